The quantitative estimate of drug-likeness (QED) is 0.772. The zero-order chi connectivity index (χ0) is 10.2. The van der Waals surface area contributed by atoms with Crippen LogP contribution in [0.2, 0.25) is 0 Å². The van der Waals surface area contributed by atoms with Gasteiger partial charge in [0.1, 0.15) is 11.2 Å². The second-order valence-corrected chi connectivity index (χ2v) is 3.36. The summed E-state index contributed by atoms with van der Waals surface area (Å²) in [5.41, 5.74) is -0.968. The molecular weight excluding hydrogens is 187 g/mol. The monoisotopic (exact) mass is 196 g/mol. The van der Waals surface area contributed by atoms with Gasteiger partial charge >= 0.3 is 5.97 Å². The first-order valence-electron chi connectivity index (χ1n) is 4.23. The molecule has 0 radical (unpaired) electrons. The van der Waals surface area contributed by atoms with Gasteiger partial charge in [0.25, 0.3) is 0 Å². The van der Waals surface area contributed by atoms with E-state index in [1.165, 1.54) is 18.2 Å². The fraction of sp³-hybridized carbons (Fsp3) is 0.300. The molecule has 1 aromatic carbocycles. The highest BCUT2D eigenvalue weighted by Crippen LogP contribution is 2.34. The molecule has 0 amide bonds. The fourth-order valence-electron chi connectivity index (χ4n) is 1.55. The SMILES string of the molecule is O=C(O)C1(c2ccccc2F)COC1. The largest absolute Gasteiger partial charge is 0.480 e. The Morgan fingerprint density at radius 3 is 2.50 bits per heavy atom. The number of aliphatic carboxylic acids is 1. The molecule has 14 heavy (non-hydrogen) atoms. The van der Waals surface area contributed by atoms with E-state index in [1.807, 2.05) is 0 Å². The van der Waals surface area contributed by atoms with Crippen molar-refractivity contribution in [3.8, 4) is 0 Å². The number of carboxylic acids is 1. The van der Waals surface area contributed by atoms with Crippen LogP contribution in [-0.2, 0) is 14.9 Å². The summed E-state index contributed by atoms with van der Waals surface area (Å²) in [6.07, 6.45) is 0. The lowest BCUT2D eigenvalue weighted by atomic mass is 9.78. The Morgan fingerprint density at radius 2 is 2.07 bits per heavy atom. The predicted octanol–water partition coefficient (Wildman–Crippen LogP) is 1.18. The molecule has 1 fully saturated rings. The molecule has 1 N–H and O–H groups in total. The Kier molecular flexibility index (Phi) is 2.00. The van der Waals surface area contributed by atoms with E-state index in [1.54, 1.807) is 6.07 Å². The van der Waals surface area contributed by atoms with Crippen LogP contribution in [-0.4, -0.2) is 24.3 Å². The third kappa shape index (κ3) is 1.11. The first kappa shape index (κ1) is 9.15. The van der Waals surface area contributed by atoms with Crippen molar-refractivity contribution in [3.63, 3.8) is 0 Å². The van der Waals surface area contributed by atoms with Crippen LogP contribution in [0.15, 0.2) is 24.3 Å². The van der Waals surface area contributed by atoms with Crippen LogP contribution in [0, 0.1) is 5.82 Å². The number of hydrogen-bond acceptors (Lipinski definition) is 2. The van der Waals surface area contributed by atoms with E-state index in [-0.39, 0.29) is 18.8 Å². The molecule has 1 aromatic rings. The van der Waals surface area contributed by atoms with Gasteiger partial charge in [-0.25, -0.2) is 4.39 Å². The van der Waals surface area contributed by atoms with Crippen LogP contribution >= 0.6 is 0 Å². The number of carbonyl (C=O) groups is 1. The van der Waals surface area contributed by atoms with E-state index >= 15 is 0 Å². The van der Waals surface area contributed by atoms with Gasteiger partial charge in [-0.1, -0.05) is 18.2 Å². The minimum absolute atomic E-state index is 0.0449. The summed E-state index contributed by atoms with van der Waals surface area (Å²) in [6, 6.07) is 5.92. The fourth-order valence-corrected chi connectivity index (χ4v) is 1.55. The molecule has 0 aromatic heterocycles. The van der Waals surface area contributed by atoms with Gasteiger partial charge in [-0.2, -0.15) is 0 Å². The van der Waals surface area contributed by atoms with Gasteiger partial charge in [-0.15, -0.1) is 0 Å². The van der Waals surface area contributed by atoms with Gasteiger partial charge < -0.3 is 9.84 Å². The van der Waals surface area contributed by atoms with E-state index in [9.17, 15) is 9.18 Å². The lowest BCUT2D eigenvalue weighted by molar-refractivity contribution is -0.163. The molecule has 1 aliphatic heterocycles. The Hall–Kier alpha value is -1.42. The highest BCUT2D eigenvalue weighted by atomic mass is 19.1. The summed E-state index contributed by atoms with van der Waals surface area (Å²) in [4.78, 5) is 11.0. The van der Waals surface area contributed by atoms with Gasteiger partial charge in [0.05, 0.1) is 13.2 Å². The molecule has 1 heterocycles. The third-order valence-corrected chi connectivity index (χ3v) is 2.50. The zero-order valence-electron chi connectivity index (χ0n) is 7.37. The van der Waals surface area contributed by atoms with Gasteiger partial charge in [-0.05, 0) is 6.07 Å². The maximum atomic E-state index is 13.3. The molecule has 0 bridgehead atoms. The van der Waals surface area contributed by atoms with Crippen molar-refractivity contribution in [1.29, 1.82) is 0 Å². The Bertz CT molecular complexity index is 371. The van der Waals surface area contributed by atoms with Gasteiger partial charge in [-0.3, -0.25) is 4.79 Å². The summed E-state index contributed by atoms with van der Waals surface area (Å²) >= 11 is 0. The van der Waals surface area contributed by atoms with Crippen molar-refractivity contribution < 1.29 is 19.0 Å². The average molecular weight is 196 g/mol. The molecule has 3 nitrogen and oxygen atoms in total. The molecule has 0 atom stereocenters. The van der Waals surface area contributed by atoms with Crippen LogP contribution in [0.1, 0.15) is 5.56 Å². The maximum absolute atomic E-state index is 13.3. The van der Waals surface area contributed by atoms with Crippen molar-refractivity contribution >= 4 is 5.97 Å². The van der Waals surface area contributed by atoms with E-state index in [4.69, 9.17) is 9.84 Å². The van der Waals surface area contributed by atoms with Crippen molar-refractivity contribution in [2.75, 3.05) is 13.2 Å². The van der Waals surface area contributed by atoms with Crippen molar-refractivity contribution in [1.82, 2.24) is 0 Å². The normalized spacial score (nSPS) is 18.6. The topological polar surface area (TPSA) is 46.5 Å². The minimum atomic E-state index is -1.18. The molecule has 74 valence electrons. The van der Waals surface area contributed by atoms with Crippen molar-refractivity contribution in [2.24, 2.45) is 0 Å². The summed E-state index contributed by atoms with van der Waals surface area (Å²) in [5, 5.41) is 9.01. The summed E-state index contributed by atoms with van der Waals surface area (Å²) < 4.78 is 18.2. The minimum Gasteiger partial charge on any atom is -0.480 e. The molecule has 2 rings (SSSR count). The molecule has 0 aliphatic carbocycles. The lowest BCUT2D eigenvalue weighted by Gasteiger charge is -2.37. The first-order chi connectivity index (χ1) is 6.67. The number of carboxylic acid groups (broad SMARTS) is 1. The molecule has 0 saturated carbocycles. The van der Waals surface area contributed by atoms with Crippen LogP contribution in [0.25, 0.3) is 0 Å². The molecule has 1 aliphatic rings. The van der Waals surface area contributed by atoms with E-state index in [0.717, 1.165) is 0 Å². The van der Waals surface area contributed by atoms with Gasteiger partial charge in [0.15, 0.2) is 0 Å². The van der Waals surface area contributed by atoms with E-state index < -0.39 is 17.2 Å². The summed E-state index contributed by atoms with van der Waals surface area (Å²) in [7, 11) is 0. The van der Waals surface area contributed by atoms with Crippen molar-refractivity contribution in [3.05, 3.63) is 35.6 Å². The number of halogens is 1. The molecule has 0 unspecified atom stereocenters. The van der Waals surface area contributed by atoms with E-state index in [0.29, 0.717) is 0 Å². The van der Waals surface area contributed by atoms with Crippen LogP contribution in [0.3, 0.4) is 0 Å². The van der Waals surface area contributed by atoms with Gasteiger partial charge in [0, 0.05) is 5.56 Å². The molecular formula is C10H9FO3. The van der Waals surface area contributed by atoms with Crippen LogP contribution in [0.5, 0.6) is 0 Å². The van der Waals surface area contributed by atoms with Gasteiger partial charge in [0.2, 0.25) is 0 Å². The Labute approximate surface area is 80.1 Å². The van der Waals surface area contributed by atoms with Crippen LogP contribution in [0.4, 0.5) is 4.39 Å². The third-order valence-electron chi connectivity index (χ3n) is 2.50. The molecule has 1 saturated heterocycles. The summed E-state index contributed by atoms with van der Waals surface area (Å²) in [6.45, 7) is 0.0898. The smallest absolute Gasteiger partial charge is 0.319 e. The average Bonchev–Trinajstić information content (AvgIpc) is 2.05. The first-order valence-corrected chi connectivity index (χ1v) is 4.23. The Balaban J connectivity index is 2.47. The summed E-state index contributed by atoms with van der Waals surface area (Å²) in [5.74, 6) is -1.52. The zero-order valence-corrected chi connectivity index (χ0v) is 7.37. The van der Waals surface area contributed by atoms with E-state index in [2.05, 4.69) is 0 Å². The Morgan fingerprint density at radius 1 is 1.43 bits per heavy atom. The standard InChI is InChI=1S/C10H9FO3/c11-8-4-2-1-3-7(8)10(9(12)13)5-14-6-10/h1-4H,5-6H2,(H,12,13). The highest BCUT2D eigenvalue weighted by molar-refractivity contribution is 5.83. The molecule has 4 heteroatoms. The maximum Gasteiger partial charge on any atom is 0.319 e. The number of rotatable bonds is 2. The molecule has 0 spiro atoms. The lowest BCUT2D eigenvalue weighted by Crippen LogP contribution is -2.53. The number of hydrogen-bond donors (Lipinski definition) is 1. The number of benzene rings is 1. The predicted molar refractivity (Wildman–Crippen MR) is 46.5 cm³/mol. The second-order valence-electron chi connectivity index (χ2n) is 3.36. The second kappa shape index (κ2) is 3.06. The van der Waals surface area contributed by atoms with Crippen molar-refractivity contribution in [2.45, 2.75) is 5.41 Å². The van der Waals surface area contributed by atoms with Crippen LogP contribution < -0.4 is 0 Å². The number of ether oxygens (including phenoxy) is 1. The highest BCUT2D eigenvalue weighted by Gasteiger charge is 2.49.